The van der Waals surface area contributed by atoms with Crippen molar-refractivity contribution in [3.63, 3.8) is 0 Å². The van der Waals surface area contributed by atoms with Crippen molar-refractivity contribution < 1.29 is 23.1 Å². The van der Waals surface area contributed by atoms with E-state index in [1.165, 1.54) is 0 Å². The number of aryl methyl sites for hydroxylation is 2. The second kappa shape index (κ2) is 12.7. The standard InChI is InChI=1S/C33H42F2N8O3/c1-21(44)41-15-9-29-28(20-41)32(38-43(29)24-7-13-40(14-8-24)33(45)46-25-5-10-36-11-6-25)42-12-3-4-22-16-26(23-18-37-39(2)19-23)27(31(34)35)17-30(22)42/h16-19,24-25,31,36H,3-15,20H2,1-2H3. The summed E-state index contributed by atoms with van der Waals surface area (Å²) >= 11 is 0. The van der Waals surface area contributed by atoms with Gasteiger partial charge in [-0.3, -0.25) is 14.2 Å². The molecule has 0 radical (unpaired) electrons. The summed E-state index contributed by atoms with van der Waals surface area (Å²) in [4.78, 5) is 31.1. The number of alkyl halides is 2. The summed E-state index contributed by atoms with van der Waals surface area (Å²) in [5.41, 5.74) is 4.97. The zero-order chi connectivity index (χ0) is 31.9. The van der Waals surface area contributed by atoms with Crippen molar-refractivity contribution in [3.05, 3.63) is 46.9 Å². The molecular formula is C33H42F2N8O3. The van der Waals surface area contributed by atoms with E-state index in [0.717, 1.165) is 79.9 Å². The molecule has 246 valence electrons. The SMILES string of the molecule is CC(=O)N1CCc2c(c(N3CCCc4cc(-c5cnn(C)c5)c(C(F)F)cc43)nn2C2CCN(C(=O)OC3CCNCC3)CC2)C1. The number of likely N-dealkylation sites (tertiary alicyclic amines) is 1. The quantitative estimate of drug-likeness (QED) is 0.432. The molecule has 1 aromatic carbocycles. The molecule has 11 nitrogen and oxygen atoms in total. The van der Waals surface area contributed by atoms with E-state index in [9.17, 15) is 18.4 Å². The van der Waals surface area contributed by atoms with Gasteiger partial charge in [-0.2, -0.15) is 10.2 Å². The fourth-order valence-electron chi connectivity index (χ4n) is 7.50. The maximum absolute atomic E-state index is 14.6. The van der Waals surface area contributed by atoms with Crippen LogP contribution in [0.2, 0.25) is 0 Å². The highest BCUT2D eigenvalue weighted by Gasteiger charge is 2.35. The molecule has 4 aliphatic rings. The van der Waals surface area contributed by atoms with Crippen molar-refractivity contribution >= 4 is 23.5 Å². The van der Waals surface area contributed by atoms with Crippen molar-refractivity contribution in [1.82, 2.24) is 34.7 Å². The molecule has 1 N–H and O–H groups in total. The predicted octanol–water partition coefficient (Wildman–Crippen LogP) is 4.74. The van der Waals surface area contributed by atoms with Crippen LogP contribution < -0.4 is 10.2 Å². The molecule has 0 saturated carbocycles. The zero-order valence-corrected chi connectivity index (χ0v) is 26.6. The van der Waals surface area contributed by atoms with Crippen molar-refractivity contribution in [2.45, 2.75) is 77.0 Å². The maximum Gasteiger partial charge on any atom is 0.410 e. The normalized spacial score (nSPS) is 19.4. The number of anilines is 2. The van der Waals surface area contributed by atoms with E-state index in [2.05, 4.69) is 20.0 Å². The van der Waals surface area contributed by atoms with Crippen LogP contribution in [0.1, 0.15) is 73.9 Å². The average Bonchev–Trinajstić information content (AvgIpc) is 3.67. The topological polar surface area (TPSA) is 101 Å². The smallest absolute Gasteiger partial charge is 0.410 e. The van der Waals surface area contributed by atoms with Crippen LogP contribution in [0.3, 0.4) is 0 Å². The van der Waals surface area contributed by atoms with E-state index in [1.807, 2.05) is 11.0 Å². The predicted molar refractivity (Wildman–Crippen MR) is 168 cm³/mol. The minimum absolute atomic E-state index is 0.00469. The Morgan fingerprint density at radius 3 is 2.50 bits per heavy atom. The van der Waals surface area contributed by atoms with Crippen LogP contribution in [0, 0.1) is 0 Å². The lowest BCUT2D eigenvalue weighted by Crippen LogP contribution is -2.43. The monoisotopic (exact) mass is 636 g/mol. The van der Waals surface area contributed by atoms with Gasteiger partial charge in [-0.1, -0.05) is 0 Å². The molecule has 0 aliphatic carbocycles. The van der Waals surface area contributed by atoms with Crippen LogP contribution in [0.25, 0.3) is 11.1 Å². The van der Waals surface area contributed by atoms with Gasteiger partial charge >= 0.3 is 6.09 Å². The molecule has 46 heavy (non-hydrogen) atoms. The molecule has 0 bridgehead atoms. The highest BCUT2D eigenvalue weighted by atomic mass is 19.3. The van der Waals surface area contributed by atoms with Crippen molar-refractivity contribution in [1.29, 1.82) is 0 Å². The number of halogens is 2. The van der Waals surface area contributed by atoms with Crippen molar-refractivity contribution in [3.8, 4) is 11.1 Å². The number of piperidine rings is 2. The van der Waals surface area contributed by atoms with Gasteiger partial charge in [-0.25, -0.2) is 13.6 Å². The van der Waals surface area contributed by atoms with Crippen LogP contribution in [-0.2, 0) is 36.0 Å². The largest absolute Gasteiger partial charge is 0.446 e. The highest BCUT2D eigenvalue weighted by Crippen LogP contribution is 2.43. The molecule has 7 rings (SSSR count). The first-order valence-electron chi connectivity index (χ1n) is 16.5. The number of hydrogen-bond donors (Lipinski definition) is 1. The molecular weight excluding hydrogens is 594 g/mol. The van der Waals surface area contributed by atoms with Crippen LogP contribution in [0.4, 0.5) is 25.1 Å². The molecule has 0 atom stereocenters. The molecule has 0 unspecified atom stereocenters. The van der Waals surface area contributed by atoms with Gasteiger partial charge in [0.2, 0.25) is 5.91 Å². The lowest BCUT2D eigenvalue weighted by atomic mass is 9.92. The van der Waals surface area contributed by atoms with Crippen LogP contribution in [0.5, 0.6) is 0 Å². The van der Waals surface area contributed by atoms with Crippen LogP contribution in [-0.4, -0.2) is 86.7 Å². The molecule has 3 aromatic rings. The number of ether oxygens (including phenoxy) is 1. The third-order valence-electron chi connectivity index (χ3n) is 10.0. The highest BCUT2D eigenvalue weighted by molar-refractivity contribution is 5.78. The Morgan fingerprint density at radius 1 is 1.02 bits per heavy atom. The summed E-state index contributed by atoms with van der Waals surface area (Å²) < 4.78 is 38.6. The summed E-state index contributed by atoms with van der Waals surface area (Å²) in [5.74, 6) is 0.744. The van der Waals surface area contributed by atoms with E-state index in [4.69, 9.17) is 9.84 Å². The second-order valence-electron chi connectivity index (χ2n) is 13.0. The van der Waals surface area contributed by atoms with E-state index < -0.39 is 6.43 Å². The Labute approximate surface area is 267 Å². The number of benzene rings is 1. The second-order valence-corrected chi connectivity index (χ2v) is 13.0. The third-order valence-corrected chi connectivity index (χ3v) is 10.0. The van der Waals surface area contributed by atoms with Gasteiger partial charge in [0.1, 0.15) is 6.10 Å². The van der Waals surface area contributed by atoms with Crippen molar-refractivity contribution in [2.75, 3.05) is 44.2 Å². The minimum Gasteiger partial charge on any atom is -0.446 e. The number of fused-ring (bicyclic) bond motifs is 2. The summed E-state index contributed by atoms with van der Waals surface area (Å²) in [7, 11) is 1.78. The lowest BCUT2D eigenvalue weighted by molar-refractivity contribution is -0.129. The fourth-order valence-corrected chi connectivity index (χ4v) is 7.50. The van der Waals surface area contributed by atoms with E-state index in [1.54, 1.807) is 42.0 Å². The average molecular weight is 637 g/mol. The van der Waals surface area contributed by atoms with Gasteiger partial charge in [0.05, 0.1) is 18.8 Å². The zero-order valence-electron chi connectivity index (χ0n) is 26.6. The summed E-state index contributed by atoms with van der Waals surface area (Å²) in [6.07, 6.45) is 5.92. The van der Waals surface area contributed by atoms with Gasteiger partial charge in [0, 0.05) is 80.8 Å². The number of amides is 2. The van der Waals surface area contributed by atoms with E-state index >= 15 is 0 Å². The Morgan fingerprint density at radius 2 is 1.80 bits per heavy atom. The first-order valence-corrected chi connectivity index (χ1v) is 16.5. The van der Waals surface area contributed by atoms with E-state index in [0.29, 0.717) is 50.3 Å². The molecule has 2 aromatic heterocycles. The van der Waals surface area contributed by atoms with Crippen LogP contribution in [0.15, 0.2) is 24.5 Å². The van der Waals surface area contributed by atoms with Gasteiger partial charge in [-0.05, 0) is 74.9 Å². The fraction of sp³-hybridized carbons (Fsp3) is 0.576. The van der Waals surface area contributed by atoms with E-state index in [-0.39, 0.29) is 29.7 Å². The molecule has 2 saturated heterocycles. The number of nitrogens with one attached hydrogen (secondary N) is 1. The Kier molecular flexibility index (Phi) is 8.43. The van der Waals surface area contributed by atoms with Crippen molar-refractivity contribution in [2.24, 2.45) is 7.05 Å². The number of hydrogen-bond acceptors (Lipinski definition) is 7. The number of carbonyl (C=O) groups excluding carboxylic acids is 2. The number of carbonyl (C=O) groups is 2. The number of rotatable bonds is 5. The Bertz CT molecular complexity index is 1610. The van der Waals surface area contributed by atoms with Gasteiger partial charge in [-0.15, -0.1) is 0 Å². The molecule has 13 heteroatoms. The molecule has 2 fully saturated rings. The molecule has 4 aliphatic heterocycles. The summed E-state index contributed by atoms with van der Waals surface area (Å²) in [5, 5.41) is 12.7. The van der Waals surface area contributed by atoms with Gasteiger partial charge < -0.3 is 24.8 Å². The summed E-state index contributed by atoms with van der Waals surface area (Å²) in [6, 6.07) is 3.61. The Hall–Kier alpha value is -4.00. The van der Waals surface area contributed by atoms with Crippen LogP contribution >= 0.6 is 0 Å². The first-order chi connectivity index (χ1) is 22.3. The molecule has 2 amide bonds. The minimum atomic E-state index is -2.66. The van der Waals surface area contributed by atoms with Gasteiger partial charge in [0.15, 0.2) is 5.82 Å². The Balaban J connectivity index is 1.19. The molecule has 6 heterocycles. The number of nitrogens with zero attached hydrogens (tertiary/aromatic N) is 7. The number of aromatic nitrogens is 4. The van der Waals surface area contributed by atoms with Gasteiger partial charge in [0.25, 0.3) is 6.43 Å². The maximum atomic E-state index is 14.6. The summed E-state index contributed by atoms with van der Waals surface area (Å²) in [6.45, 7) is 6.16. The third kappa shape index (κ3) is 5.85. The molecule has 0 spiro atoms. The first kappa shape index (κ1) is 30.6. The lowest BCUT2D eigenvalue weighted by Gasteiger charge is -2.34.